The molecular formula is C29H32N2O3. The molecule has 0 saturated heterocycles. The lowest BCUT2D eigenvalue weighted by molar-refractivity contribution is -0.137. The number of carbonyl (C=O) groups is 1. The van der Waals surface area contributed by atoms with E-state index in [1.54, 1.807) is 0 Å². The third-order valence-electron chi connectivity index (χ3n) is 6.07. The standard InChI is InChI=1S/C29H32N2O3/c32-26(33)21-13-2-1-3-14-22-34-29-30-27(23-15-7-4-8-16-23)28(24-17-9-5-10-18-24)31(29)25-19-11-6-12-20-25/h4-12,15-20,28-29H,1-3,13-14,21-22H2,(H,32,33). The van der Waals surface area contributed by atoms with Crippen LogP contribution in [0.4, 0.5) is 5.69 Å². The molecule has 1 N–H and O–H groups in total. The van der Waals surface area contributed by atoms with Gasteiger partial charge in [0.05, 0.1) is 12.3 Å². The number of hydrogen-bond acceptors (Lipinski definition) is 4. The van der Waals surface area contributed by atoms with Crippen LogP contribution >= 0.6 is 0 Å². The first-order valence-electron chi connectivity index (χ1n) is 12.1. The third-order valence-corrected chi connectivity index (χ3v) is 6.07. The number of carboxylic acid groups (broad SMARTS) is 1. The van der Waals surface area contributed by atoms with Crippen molar-refractivity contribution < 1.29 is 14.6 Å². The van der Waals surface area contributed by atoms with E-state index in [9.17, 15) is 4.79 Å². The maximum Gasteiger partial charge on any atom is 0.303 e. The van der Waals surface area contributed by atoms with E-state index < -0.39 is 12.3 Å². The second-order valence-corrected chi connectivity index (χ2v) is 8.54. The molecule has 34 heavy (non-hydrogen) atoms. The van der Waals surface area contributed by atoms with Crippen molar-refractivity contribution in [1.82, 2.24) is 0 Å². The third kappa shape index (κ3) is 6.12. The Morgan fingerprint density at radius 2 is 1.38 bits per heavy atom. The predicted octanol–water partition coefficient (Wildman–Crippen LogP) is 6.46. The van der Waals surface area contributed by atoms with Gasteiger partial charge in [-0.1, -0.05) is 98.1 Å². The highest BCUT2D eigenvalue weighted by Crippen LogP contribution is 2.38. The Morgan fingerprint density at radius 1 is 0.794 bits per heavy atom. The van der Waals surface area contributed by atoms with Gasteiger partial charge in [-0.2, -0.15) is 0 Å². The quantitative estimate of drug-likeness (QED) is 0.318. The molecule has 0 aromatic heterocycles. The minimum absolute atomic E-state index is 0.0491. The number of benzene rings is 3. The van der Waals surface area contributed by atoms with Gasteiger partial charge in [0, 0.05) is 12.1 Å². The molecule has 0 spiro atoms. The molecule has 0 aliphatic carbocycles. The van der Waals surface area contributed by atoms with Crippen molar-refractivity contribution in [3.63, 3.8) is 0 Å². The fourth-order valence-corrected chi connectivity index (χ4v) is 4.40. The number of ether oxygens (including phenoxy) is 1. The van der Waals surface area contributed by atoms with Crippen LogP contribution in [0.2, 0.25) is 0 Å². The van der Waals surface area contributed by atoms with Gasteiger partial charge < -0.3 is 14.7 Å². The highest BCUT2D eigenvalue weighted by atomic mass is 16.5. The minimum Gasteiger partial charge on any atom is -0.481 e. The lowest BCUT2D eigenvalue weighted by Crippen LogP contribution is -2.36. The Kier molecular flexibility index (Phi) is 8.47. The summed E-state index contributed by atoms with van der Waals surface area (Å²) in [6, 6.07) is 31.1. The molecule has 1 heterocycles. The Morgan fingerprint density at radius 3 is 2.06 bits per heavy atom. The molecule has 5 heteroatoms. The fourth-order valence-electron chi connectivity index (χ4n) is 4.40. The zero-order valence-electron chi connectivity index (χ0n) is 19.4. The summed E-state index contributed by atoms with van der Waals surface area (Å²) in [5.74, 6) is -0.717. The molecule has 3 aromatic rings. The maximum absolute atomic E-state index is 10.7. The van der Waals surface area contributed by atoms with Crippen LogP contribution in [0.3, 0.4) is 0 Å². The van der Waals surface area contributed by atoms with Gasteiger partial charge in [-0.05, 0) is 36.1 Å². The SMILES string of the molecule is O=C(O)CCCCCCCOC1N=C(c2ccccc2)C(c2ccccc2)N1c1ccccc1. The average Bonchev–Trinajstić information content (AvgIpc) is 3.26. The van der Waals surface area contributed by atoms with Crippen molar-refractivity contribution in [3.05, 3.63) is 102 Å². The molecule has 4 rings (SSSR count). The Hall–Kier alpha value is -3.44. The number of unbranched alkanes of at least 4 members (excludes halogenated alkanes) is 4. The van der Waals surface area contributed by atoms with E-state index >= 15 is 0 Å². The minimum atomic E-state index is -0.717. The van der Waals surface area contributed by atoms with Crippen molar-refractivity contribution >= 4 is 17.4 Å². The van der Waals surface area contributed by atoms with Crippen molar-refractivity contribution in [3.8, 4) is 0 Å². The Bertz CT molecular complexity index is 1050. The van der Waals surface area contributed by atoms with E-state index in [4.69, 9.17) is 14.8 Å². The summed E-state index contributed by atoms with van der Waals surface area (Å²) in [6.07, 6.45) is 4.50. The van der Waals surface area contributed by atoms with Gasteiger partial charge in [0.25, 0.3) is 0 Å². The van der Waals surface area contributed by atoms with Crippen LogP contribution in [0.25, 0.3) is 0 Å². The lowest BCUT2D eigenvalue weighted by Gasteiger charge is -2.32. The second kappa shape index (κ2) is 12.1. The van der Waals surface area contributed by atoms with Crippen LogP contribution in [-0.4, -0.2) is 29.7 Å². The van der Waals surface area contributed by atoms with Crippen LogP contribution in [0, 0.1) is 0 Å². The van der Waals surface area contributed by atoms with E-state index in [2.05, 4.69) is 53.4 Å². The second-order valence-electron chi connectivity index (χ2n) is 8.54. The zero-order valence-corrected chi connectivity index (χ0v) is 19.4. The molecule has 0 bridgehead atoms. The summed E-state index contributed by atoms with van der Waals surface area (Å²) in [6.45, 7) is 0.611. The smallest absolute Gasteiger partial charge is 0.303 e. The first-order valence-corrected chi connectivity index (χ1v) is 12.1. The number of para-hydroxylation sites is 1. The number of carboxylic acids is 1. The van der Waals surface area contributed by atoms with Gasteiger partial charge in [0.15, 0.2) is 0 Å². The number of anilines is 1. The Balaban J connectivity index is 1.51. The summed E-state index contributed by atoms with van der Waals surface area (Å²) >= 11 is 0. The van der Waals surface area contributed by atoms with Gasteiger partial charge in [-0.25, -0.2) is 4.99 Å². The molecule has 0 saturated carbocycles. The first-order chi connectivity index (χ1) is 16.7. The molecule has 2 atom stereocenters. The highest BCUT2D eigenvalue weighted by Gasteiger charge is 2.38. The summed E-state index contributed by atoms with van der Waals surface area (Å²) in [5.41, 5.74) is 4.36. The van der Waals surface area contributed by atoms with Gasteiger partial charge in [-0.3, -0.25) is 4.79 Å². The van der Waals surface area contributed by atoms with Crippen LogP contribution in [0.1, 0.15) is 55.7 Å². The van der Waals surface area contributed by atoms with Crippen molar-refractivity contribution in [2.24, 2.45) is 4.99 Å². The topological polar surface area (TPSA) is 62.1 Å². The number of rotatable bonds is 12. The molecule has 1 aliphatic heterocycles. The first kappa shape index (κ1) is 23.7. The number of hydrogen-bond donors (Lipinski definition) is 1. The molecule has 0 radical (unpaired) electrons. The molecular weight excluding hydrogens is 424 g/mol. The van der Waals surface area contributed by atoms with E-state index in [1.807, 2.05) is 42.5 Å². The van der Waals surface area contributed by atoms with Crippen LogP contribution < -0.4 is 4.90 Å². The average molecular weight is 457 g/mol. The maximum atomic E-state index is 10.7. The molecule has 0 fully saturated rings. The molecule has 1 aliphatic rings. The fraction of sp³-hybridized carbons (Fsp3) is 0.310. The molecule has 3 aromatic carbocycles. The lowest BCUT2D eigenvalue weighted by atomic mass is 9.96. The Labute approximate surface area is 201 Å². The zero-order chi connectivity index (χ0) is 23.6. The van der Waals surface area contributed by atoms with Gasteiger partial charge >= 0.3 is 5.97 Å². The number of nitrogens with zero attached hydrogens (tertiary/aromatic N) is 2. The molecule has 176 valence electrons. The molecule has 5 nitrogen and oxygen atoms in total. The number of aliphatic carboxylic acids is 1. The largest absolute Gasteiger partial charge is 0.481 e. The predicted molar refractivity (Wildman–Crippen MR) is 136 cm³/mol. The van der Waals surface area contributed by atoms with Gasteiger partial charge in [0.1, 0.15) is 6.04 Å². The monoisotopic (exact) mass is 456 g/mol. The van der Waals surface area contributed by atoms with Crippen molar-refractivity contribution in [2.75, 3.05) is 11.5 Å². The summed E-state index contributed by atoms with van der Waals surface area (Å²) in [5, 5.41) is 8.76. The van der Waals surface area contributed by atoms with E-state index in [0.717, 1.165) is 49.1 Å². The van der Waals surface area contributed by atoms with E-state index in [-0.39, 0.29) is 12.5 Å². The van der Waals surface area contributed by atoms with E-state index in [1.165, 1.54) is 5.56 Å². The highest BCUT2D eigenvalue weighted by molar-refractivity contribution is 6.08. The summed E-state index contributed by atoms with van der Waals surface area (Å²) in [7, 11) is 0. The summed E-state index contributed by atoms with van der Waals surface area (Å²) in [4.78, 5) is 18.0. The van der Waals surface area contributed by atoms with Crippen molar-refractivity contribution in [1.29, 1.82) is 0 Å². The van der Waals surface area contributed by atoms with Gasteiger partial charge in [-0.15, -0.1) is 0 Å². The van der Waals surface area contributed by atoms with Gasteiger partial charge in [0.2, 0.25) is 6.35 Å². The number of aliphatic imine (C=N–C) groups is 1. The van der Waals surface area contributed by atoms with Crippen LogP contribution in [-0.2, 0) is 9.53 Å². The van der Waals surface area contributed by atoms with Crippen LogP contribution in [0.5, 0.6) is 0 Å². The van der Waals surface area contributed by atoms with E-state index in [0.29, 0.717) is 6.61 Å². The summed E-state index contributed by atoms with van der Waals surface area (Å²) < 4.78 is 6.36. The van der Waals surface area contributed by atoms with Crippen molar-refractivity contribution in [2.45, 2.75) is 50.9 Å². The normalized spacial score (nSPS) is 17.5. The molecule has 0 amide bonds. The molecule has 2 unspecified atom stereocenters. The van der Waals surface area contributed by atoms with Crippen LogP contribution in [0.15, 0.2) is 96.0 Å².